The Morgan fingerprint density at radius 2 is 1.81 bits per heavy atom. The highest BCUT2D eigenvalue weighted by molar-refractivity contribution is 6.30. The number of alkyl halides is 3. The molecule has 2 aromatic carbocycles. The number of hydrogen-bond donors (Lipinski definition) is 1. The molecular weight excluding hydrogens is 367 g/mol. The van der Waals surface area contributed by atoms with Crippen molar-refractivity contribution in [1.82, 2.24) is 4.90 Å². The van der Waals surface area contributed by atoms with E-state index in [-0.39, 0.29) is 5.56 Å². The van der Waals surface area contributed by atoms with Gasteiger partial charge in [-0.25, -0.2) is 0 Å². The van der Waals surface area contributed by atoms with Crippen LogP contribution in [0.5, 0.6) is 0 Å². The molecule has 3 rings (SSSR count). The molecular formula is C19H17ClF3NO2. The molecule has 0 aromatic heterocycles. The summed E-state index contributed by atoms with van der Waals surface area (Å²) in [6.45, 7) is 0.413. The van der Waals surface area contributed by atoms with Crippen LogP contribution in [-0.2, 0) is 11.0 Å². The van der Waals surface area contributed by atoms with Crippen LogP contribution in [0.15, 0.2) is 48.5 Å². The van der Waals surface area contributed by atoms with Crippen LogP contribution in [-0.4, -0.2) is 28.6 Å². The quantitative estimate of drug-likeness (QED) is 0.808. The van der Waals surface area contributed by atoms with E-state index in [0.717, 1.165) is 6.07 Å². The van der Waals surface area contributed by atoms with Crippen molar-refractivity contribution in [3.63, 3.8) is 0 Å². The minimum absolute atomic E-state index is 0.0514. The average molecular weight is 384 g/mol. The maximum Gasteiger partial charge on any atom is 0.416 e. The molecule has 1 N–H and O–H groups in total. The van der Waals surface area contributed by atoms with Gasteiger partial charge in [-0.05, 0) is 42.2 Å². The minimum Gasteiger partial charge on any atom is -0.480 e. The van der Waals surface area contributed by atoms with Crippen LogP contribution in [0.3, 0.4) is 0 Å². The Morgan fingerprint density at radius 1 is 1.15 bits per heavy atom. The number of benzene rings is 2. The van der Waals surface area contributed by atoms with Gasteiger partial charge in [-0.2, -0.15) is 13.2 Å². The third kappa shape index (κ3) is 3.71. The number of hydrogen-bond acceptors (Lipinski definition) is 2. The van der Waals surface area contributed by atoms with Gasteiger partial charge in [0, 0.05) is 11.6 Å². The lowest BCUT2D eigenvalue weighted by Crippen LogP contribution is -2.39. The first-order valence-electron chi connectivity index (χ1n) is 8.19. The number of carboxylic acid groups (broad SMARTS) is 1. The molecule has 0 bridgehead atoms. The lowest BCUT2D eigenvalue weighted by atomic mass is 9.92. The van der Waals surface area contributed by atoms with E-state index in [1.165, 1.54) is 12.1 Å². The molecule has 1 aliphatic heterocycles. The second-order valence-electron chi connectivity index (χ2n) is 6.27. The highest BCUT2D eigenvalue weighted by Crippen LogP contribution is 2.41. The monoisotopic (exact) mass is 383 g/mol. The van der Waals surface area contributed by atoms with Crippen molar-refractivity contribution in [3.8, 4) is 0 Å². The molecule has 2 atom stereocenters. The van der Waals surface area contributed by atoms with E-state index in [4.69, 9.17) is 11.6 Å². The van der Waals surface area contributed by atoms with Crippen LogP contribution in [0.4, 0.5) is 13.2 Å². The van der Waals surface area contributed by atoms with Gasteiger partial charge in [0.15, 0.2) is 0 Å². The van der Waals surface area contributed by atoms with E-state index in [1.54, 1.807) is 35.2 Å². The van der Waals surface area contributed by atoms with Gasteiger partial charge in [-0.15, -0.1) is 0 Å². The smallest absolute Gasteiger partial charge is 0.416 e. The molecule has 0 amide bonds. The van der Waals surface area contributed by atoms with E-state index in [2.05, 4.69) is 0 Å². The van der Waals surface area contributed by atoms with Crippen LogP contribution < -0.4 is 0 Å². The van der Waals surface area contributed by atoms with E-state index < -0.39 is 29.8 Å². The third-order valence-electron chi connectivity index (χ3n) is 4.66. The Morgan fingerprint density at radius 3 is 2.42 bits per heavy atom. The SMILES string of the molecule is O=C(O)C1CCCN1C(c1ccc(Cl)cc1)c1ccccc1C(F)(F)F. The number of rotatable bonds is 4. The standard InChI is InChI=1S/C19H17ClF3NO2/c20-13-9-7-12(8-10-13)17(24-11-3-6-16(24)18(25)26)14-4-1-2-5-15(14)19(21,22)23/h1-2,4-5,7-10,16-17H,3,6,11H2,(H,25,26). The lowest BCUT2D eigenvalue weighted by molar-refractivity contribution is -0.143. The predicted octanol–water partition coefficient (Wildman–Crippen LogP) is 5.00. The summed E-state index contributed by atoms with van der Waals surface area (Å²) >= 11 is 5.92. The van der Waals surface area contributed by atoms with Gasteiger partial charge >= 0.3 is 12.1 Å². The molecule has 2 aromatic rings. The molecule has 1 saturated heterocycles. The molecule has 138 valence electrons. The van der Waals surface area contributed by atoms with Gasteiger partial charge < -0.3 is 5.11 Å². The molecule has 7 heteroatoms. The topological polar surface area (TPSA) is 40.5 Å². The number of carboxylic acids is 1. The van der Waals surface area contributed by atoms with Crippen molar-refractivity contribution in [2.24, 2.45) is 0 Å². The maximum absolute atomic E-state index is 13.6. The number of nitrogens with zero attached hydrogens (tertiary/aromatic N) is 1. The molecule has 1 fully saturated rings. The van der Waals surface area contributed by atoms with E-state index in [9.17, 15) is 23.1 Å². The molecule has 1 heterocycles. The number of aliphatic carboxylic acids is 1. The van der Waals surface area contributed by atoms with Crippen LogP contribution >= 0.6 is 11.6 Å². The zero-order valence-electron chi connectivity index (χ0n) is 13.7. The largest absolute Gasteiger partial charge is 0.480 e. The Balaban J connectivity index is 2.16. The first kappa shape index (κ1) is 18.7. The van der Waals surface area contributed by atoms with Gasteiger partial charge in [0.2, 0.25) is 0 Å². The molecule has 0 saturated carbocycles. The highest BCUT2D eigenvalue weighted by Gasteiger charge is 2.41. The Hall–Kier alpha value is -2.05. The highest BCUT2D eigenvalue weighted by atomic mass is 35.5. The van der Waals surface area contributed by atoms with Gasteiger partial charge in [-0.3, -0.25) is 9.69 Å². The van der Waals surface area contributed by atoms with Crippen molar-refractivity contribution in [1.29, 1.82) is 0 Å². The van der Waals surface area contributed by atoms with E-state index in [1.807, 2.05) is 0 Å². The van der Waals surface area contributed by atoms with Crippen LogP contribution in [0, 0.1) is 0 Å². The van der Waals surface area contributed by atoms with Crippen LogP contribution in [0.25, 0.3) is 0 Å². The molecule has 0 radical (unpaired) electrons. The summed E-state index contributed by atoms with van der Waals surface area (Å²) in [5, 5.41) is 9.98. The van der Waals surface area contributed by atoms with Crippen molar-refractivity contribution in [3.05, 3.63) is 70.2 Å². The van der Waals surface area contributed by atoms with Crippen LogP contribution in [0.2, 0.25) is 5.02 Å². The average Bonchev–Trinajstić information content (AvgIpc) is 3.06. The fourth-order valence-corrected chi connectivity index (χ4v) is 3.68. The normalized spacial score (nSPS) is 19.5. The Kier molecular flexibility index (Phi) is 5.25. The zero-order valence-corrected chi connectivity index (χ0v) is 14.5. The summed E-state index contributed by atoms with van der Waals surface area (Å²) < 4.78 is 40.7. The maximum atomic E-state index is 13.6. The Bertz CT molecular complexity index is 792. The number of halogens is 4. The fourth-order valence-electron chi connectivity index (χ4n) is 3.55. The lowest BCUT2D eigenvalue weighted by Gasteiger charge is -2.33. The van der Waals surface area contributed by atoms with Gasteiger partial charge in [0.1, 0.15) is 6.04 Å². The third-order valence-corrected chi connectivity index (χ3v) is 4.91. The Labute approximate surface area is 154 Å². The molecule has 3 nitrogen and oxygen atoms in total. The van der Waals surface area contributed by atoms with Crippen molar-refractivity contribution in [2.75, 3.05) is 6.54 Å². The molecule has 0 aliphatic carbocycles. The van der Waals surface area contributed by atoms with Gasteiger partial charge in [0.25, 0.3) is 0 Å². The molecule has 2 unspecified atom stereocenters. The first-order valence-corrected chi connectivity index (χ1v) is 8.57. The van der Waals surface area contributed by atoms with Gasteiger partial charge in [0.05, 0.1) is 11.6 Å². The summed E-state index contributed by atoms with van der Waals surface area (Å²) in [6, 6.07) is 10.2. The fraction of sp³-hybridized carbons (Fsp3) is 0.316. The van der Waals surface area contributed by atoms with E-state index in [0.29, 0.717) is 30.0 Å². The van der Waals surface area contributed by atoms with Crippen molar-refractivity contribution >= 4 is 17.6 Å². The minimum atomic E-state index is -4.53. The van der Waals surface area contributed by atoms with Crippen LogP contribution in [0.1, 0.15) is 35.6 Å². The zero-order chi connectivity index (χ0) is 18.9. The second kappa shape index (κ2) is 7.29. The summed E-state index contributed by atoms with van der Waals surface area (Å²) in [7, 11) is 0. The second-order valence-corrected chi connectivity index (χ2v) is 6.71. The summed E-state index contributed by atoms with van der Waals surface area (Å²) in [4.78, 5) is 13.3. The summed E-state index contributed by atoms with van der Waals surface area (Å²) in [5.41, 5.74) is -0.120. The first-order chi connectivity index (χ1) is 12.3. The van der Waals surface area contributed by atoms with Gasteiger partial charge in [-0.1, -0.05) is 41.9 Å². The number of likely N-dealkylation sites (tertiary alicyclic amines) is 1. The molecule has 0 spiro atoms. The molecule has 1 aliphatic rings. The summed E-state index contributed by atoms with van der Waals surface area (Å²) in [5.74, 6) is -1.02. The number of carbonyl (C=O) groups is 1. The van der Waals surface area contributed by atoms with Crippen molar-refractivity contribution < 1.29 is 23.1 Å². The van der Waals surface area contributed by atoms with E-state index >= 15 is 0 Å². The van der Waals surface area contributed by atoms with Crippen molar-refractivity contribution in [2.45, 2.75) is 31.1 Å². The predicted molar refractivity (Wildman–Crippen MR) is 92.1 cm³/mol. The summed E-state index contributed by atoms with van der Waals surface area (Å²) in [6.07, 6.45) is -3.50. The molecule has 26 heavy (non-hydrogen) atoms.